The van der Waals surface area contributed by atoms with Crippen LogP contribution in [0.15, 0.2) is 164 Å². The van der Waals surface area contributed by atoms with Crippen LogP contribution >= 0.6 is 0 Å². The molecular weight excluding hydrogens is 664 g/mol. The summed E-state index contributed by atoms with van der Waals surface area (Å²) < 4.78 is 5.39. The highest BCUT2D eigenvalue weighted by molar-refractivity contribution is 6.95. The third kappa shape index (κ3) is 3.04. The number of nitrogens with zero attached hydrogens (tertiary/aromatic N) is 3. The Morgan fingerprint density at radius 1 is 0.345 bits per heavy atom. The van der Waals surface area contributed by atoms with Gasteiger partial charge in [-0.1, -0.05) is 133 Å². The number of benzene rings is 9. The van der Waals surface area contributed by atoms with E-state index in [0.29, 0.717) is 0 Å². The maximum atomic E-state index is 2.70. The zero-order valence-electron chi connectivity index (χ0n) is 29.6. The molecule has 6 heterocycles. The standard InChI is InChI=1S/C50H27B2N3/c1-3-13-30-25-44-40(23-28(30)11-1)51-46-38(36-19-9-17-34-32-15-5-7-21-42(32)54(51)48(34)36)27-39-37-20-10-18-35-33-16-6-8-22-43(33)55(49(35)37)52-41-24-29-12-2-4-14-31(29)26-45(41)53(44)50(46)47(39)52/h1-27H. The summed E-state index contributed by atoms with van der Waals surface area (Å²) in [7, 11) is 0. The lowest BCUT2D eigenvalue weighted by molar-refractivity contribution is 1.24. The Morgan fingerprint density at radius 2 is 0.764 bits per heavy atom. The molecule has 11 aromatic rings. The zero-order valence-corrected chi connectivity index (χ0v) is 29.6. The van der Waals surface area contributed by atoms with Gasteiger partial charge in [0.2, 0.25) is 0 Å². The minimum atomic E-state index is 0.00436. The summed E-state index contributed by atoms with van der Waals surface area (Å²) in [5, 5.41) is 10.4. The smallest absolute Gasteiger partial charge is 0.333 e. The molecule has 2 aromatic heterocycles. The van der Waals surface area contributed by atoms with Gasteiger partial charge in [0, 0.05) is 71.8 Å². The van der Waals surface area contributed by atoms with Gasteiger partial charge >= 0.3 is 13.7 Å². The lowest BCUT2D eigenvalue weighted by Crippen LogP contribution is -2.64. The summed E-state index contributed by atoms with van der Waals surface area (Å²) in [5.74, 6) is 0. The van der Waals surface area contributed by atoms with Crippen molar-refractivity contribution >= 4 is 118 Å². The van der Waals surface area contributed by atoms with Crippen LogP contribution in [0.25, 0.3) is 87.4 Å². The summed E-state index contributed by atoms with van der Waals surface area (Å²) in [6.45, 7) is 0.00872. The second-order valence-electron chi connectivity index (χ2n) is 16.0. The van der Waals surface area contributed by atoms with Gasteiger partial charge in [-0.05, 0) is 84.9 Å². The van der Waals surface area contributed by atoms with Gasteiger partial charge in [0.15, 0.2) is 0 Å². The van der Waals surface area contributed by atoms with Gasteiger partial charge in [0.1, 0.15) is 0 Å². The SMILES string of the molecule is c1ccc2cc3c(cc2c1)B1c2c(cc4c5c2N3c2cc3ccccc3cc2B5n2c3ccccc3c3cccc-4c32)-c2cccc3c4ccccc4n1c23. The molecule has 5 heteroatoms. The van der Waals surface area contributed by atoms with Gasteiger partial charge in [-0.15, -0.1) is 0 Å². The molecule has 3 nitrogen and oxygen atoms in total. The van der Waals surface area contributed by atoms with E-state index in [-0.39, 0.29) is 13.7 Å². The van der Waals surface area contributed by atoms with Gasteiger partial charge in [0.25, 0.3) is 0 Å². The molecule has 0 unspecified atom stereocenters. The van der Waals surface area contributed by atoms with Gasteiger partial charge < -0.3 is 13.9 Å². The fourth-order valence-corrected chi connectivity index (χ4v) is 11.6. The van der Waals surface area contributed by atoms with Gasteiger partial charge in [-0.25, -0.2) is 0 Å². The van der Waals surface area contributed by atoms with Gasteiger partial charge in [0.05, 0.1) is 0 Å². The van der Waals surface area contributed by atoms with Crippen LogP contribution in [0.3, 0.4) is 0 Å². The molecule has 0 bridgehead atoms. The van der Waals surface area contributed by atoms with Crippen molar-refractivity contribution in [3.63, 3.8) is 0 Å². The highest BCUT2D eigenvalue weighted by atomic mass is 15.2. The molecule has 4 aliphatic rings. The quantitative estimate of drug-likeness (QED) is 0.145. The highest BCUT2D eigenvalue weighted by Crippen LogP contribution is 2.50. The molecule has 248 valence electrons. The van der Waals surface area contributed by atoms with Crippen molar-refractivity contribution < 1.29 is 0 Å². The maximum absolute atomic E-state index is 2.70. The summed E-state index contributed by atoms with van der Waals surface area (Å²) in [5.41, 5.74) is 20.1. The van der Waals surface area contributed by atoms with E-state index in [4.69, 9.17) is 0 Å². The van der Waals surface area contributed by atoms with Crippen LogP contribution in [-0.4, -0.2) is 22.7 Å². The van der Waals surface area contributed by atoms with Crippen LogP contribution < -0.4 is 26.8 Å². The number of para-hydroxylation sites is 4. The van der Waals surface area contributed by atoms with Crippen molar-refractivity contribution in [2.45, 2.75) is 0 Å². The molecule has 0 aliphatic carbocycles. The van der Waals surface area contributed by atoms with Crippen molar-refractivity contribution in [3.8, 4) is 22.3 Å². The summed E-state index contributed by atoms with van der Waals surface area (Å²) in [4.78, 5) is 2.68. The van der Waals surface area contributed by atoms with Crippen molar-refractivity contribution in [2.75, 3.05) is 4.90 Å². The van der Waals surface area contributed by atoms with E-state index in [0.717, 1.165) is 0 Å². The summed E-state index contributed by atoms with van der Waals surface area (Å²) in [6, 6.07) is 62.5. The number of fused-ring (bicyclic) bond motifs is 18. The Labute approximate surface area is 316 Å². The third-order valence-electron chi connectivity index (χ3n) is 13.6. The largest absolute Gasteiger partial charge is 0.375 e. The van der Waals surface area contributed by atoms with Crippen molar-refractivity contribution in [2.24, 2.45) is 0 Å². The third-order valence-corrected chi connectivity index (χ3v) is 13.6. The van der Waals surface area contributed by atoms with Crippen LogP contribution in [0.5, 0.6) is 0 Å². The molecular formula is C50H27B2N3. The van der Waals surface area contributed by atoms with Gasteiger partial charge in [-0.3, -0.25) is 0 Å². The molecule has 4 aliphatic heterocycles. The molecule has 0 atom stereocenters. The van der Waals surface area contributed by atoms with Crippen molar-refractivity contribution in [3.05, 3.63) is 164 Å². The lowest BCUT2D eigenvalue weighted by Gasteiger charge is -2.47. The molecule has 0 radical (unpaired) electrons. The first kappa shape index (κ1) is 27.6. The van der Waals surface area contributed by atoms with E-state index in [1.54, 1.807) is 0 Å². The van der Waals surface area contributed by atoms with Crippen molar-refractivity contribution in [1.82, 2.24) is 8.96 Å². The molecule has 15 rings (SSSR count). The zero-order chi connectivity index (χ0) is 35.3. The molecule has 0 spiro atoms. The first-order valence-electron chi connectivity index (χ1n) is 19.4. The molecule has 0 N–H and O–H groups in total. The van der Waals surface area contributed by atoms with Crippen LogP contribution in [-0.2, 0) is 0 Å². The molecule has 0 saturated heterocycles. The number of aromatic nitrogens is 2. The molecule has 0 amide bonds. The van der Waals surface area contributed by atoms with E-state index in [1.165, 1.54) is 126 Å². The lowest BCUT2D eigenvalue weighted by atomic mass is 9.39. The van der Waals surface area contributed by atoms with Crippen LogP contribution in [0, 0.1) is 0 Å². The Kier molecular flexibility index (Phi) is 4.62. The highest BCUT2D eigenvalue weighted by Gasteiger charge is 2.51. The molecule has 9 aromatic carbocycles. The molecule has 0 fully saturated rings. The molecule has 55 heavy (non-hydrogen) atoms. The topological polar surface area (TPSA) is 13.1 Å². The van der Waals surface area contributed by atoms with Crippen LogP contribution in [0.4, 0.5) is 17.1 Å². The number of rotatable bonds is 0. The fraction of sp³-hybridized carbons (Fsp3) is 0. The normalized spacial score (nSPS) is 14.1. The average Bonchev–Trinajstić information content (AvgIpc) is 3.76. The first-order chi connectivity index (χ1) is 27.3. The first-order valence-corrected chi connectivity index (χ1v) is 19.4. The average molecular weight is 691 g/mol. The van der Waals surface area contributed by atoms with Crippen molar-refractivity contribution in [1.29, 1.82) is 0 Å². The summed E-state index contributed by atoms with van der Waals surface area (Å²) >= 11 is 0. The van der Waals surface area contributed by atoms with E-state index in [1.807, 2.05) is 0 Å². The van der Waals surface area contributed by atoms with E-state index in [9.17, 15) is 0 Å². The number of hydrogen-bond donors (Lipinski definition) is 0. The Morgan fingerprint density at radius 3 is 1.25 bits per heavy atom. The summed E-state index contributed by atoms with van der Waals surface area (Å²) in [6.07, 6.45) is 0. The number of anilines is 3. The fourth-order valence-electron chi connectivity index (χ4n) is 11.6. The monoisotopic (exact) mass is 691 g/mol. The Hall–Kier alpha value is -6.97. The Bertz CT molecular complexity index is 3410. The minimum absolute atomic E-state index is 0.00436. The second-order valence-corrected chi connectivity index (χ2v) is 16.0. The van der Waals surface area contributed by atoms with Crippen LogP contribution in [0.1, 0.15) is 0 Å². The predicted octanol–water partition coefficient (Wildman–Crippen LogP) is 9.57. The maximum Gasteiger partial charge on any atom is 0.333 e. The van der Waals surface area contributed by atoms with Crippen LogP contribution in [0.2, 0.25) is 0 Å². The second kappa shape index (κ2) is 9.21. The van der Waals surface area contributed by atoms with E-state index < -0.39 is 0 Å². The van der Waals surface area contributed by atoms with Gasteiger partial charge in [-0.2, -0.15) is 0 Å². The Balaban J connectivity index is 1.22. The van der Waals surface area contributed by atoms with E-state index in [2.05, 4.69) is 178 Å². The number of hydrogen-bond acceptors (Lipinski definition) is 1. The molecule has 0 saturated carbocycles. The minimum Gasteiger partial charge on any atom is -0.375 e. The predicted molar refractivity (Wildman–Crippen MR) is 234 cm³/mol. The van der Waals surface area contributed by atoms with E-state index >= 15 is 0 Å².